The standard InChI is InChI=1S/C21H20N2O.ClH/c22-20-13-19(20)16-7-9-18(10-8-16)23-21(24)12-14-5-6-15-3-1-2-4-17(15)11-14;/h1-11,19-20H,12-13,22H2,(H,23,24);1H. The predicted molar refractivity (Wildman–Crippen MR) is 105 cm³/mol. The highest BCUT2D eigenvalue weighted by Gasteiger charge is 2.34. The Bertz CT molecular complexity index is 892. The molecule has 0 heterocycles. The summed E-state index contributed by atoms with van der Waals surface area (Å²) in [7, 11) is 0. The normalized spacial score (nSPS) is 18.4. The van der Waals surface area contributed by atoms with Gasteiger partial charge < -0.3 is 11.1 Å². The third-order valence-corrected chi connectivity index (χ3v) is 4.64. The number of nitrogens with one attached hydrogen (secondary N) is 1. The highest BCUT2D eigenvalue weighted by Crippen LogP contribution is 2.39. The van der Waals surface area contributed by atoms with Gasteiger partial charge in [-0.25, -0.2) is 0 Å². The molecule has 3 aromatic carbocycles. The van der Waals surface area contributed by atoms with E-state index in [-0.39, 0.29) is 18.3 Å². The average Bonchev–Trinajstić information content (AvgIpc) is 3.32. The van der Waals surface area contributed by atoms with E-state index >= 15 is 0 Å². The number of nitrogens with two attached hydrogens (primary N) is 1. The van der Waals surface area contributed by atoms with Gasteiger partial charge in [-0.15, -0.1) is 12.4 Å². The SMILES string of the molecule is Cl.NC1CC1c1ccc(NC(=O)Cc2ccc3ccccc3c2)cc1. The molecule has 0 aromatic heterocycles. The van der Waals surface area contributed by atoms with Crippen molar-refractivity contribution in [1.29, 1.82) is 0 Å². The number of hydrogen-bond donors (Lipinski definition) is 2. The zero-order valence-electron chi connectivity index (χ0n) is 13.8. The van der Waals surface area contributed by atoms with Crippen LogP contribution >= 0.6 is 12.4 Å². The molecular formula is C21H21ClN2O. The first-order valence-corrected chi connectivity index (χ1v) is 8.32. The lowest BCUT2D eigenvalue weighted by Gasteiger charge is -2.07. The molecule has 2 atom stereocenters. The van der Waals surface area contributed by atoms with Crippen LogP contribution in [0.2, 0.25) is 0 Å². The molecule has 25 heavy (non-hydrogen) atoms. The topological polar surface area (TPSA) is 55.1 Å². The minimum atomic E-state index is 0. The van der Waals surface area contributed by atoms with Gasteiger partial charge in [-0.3, -0.25) is 4.79 Å². The van der Waals surface area contributed by atoms with Crippen molar-refractivity contribution in [3.8, 4) is 0 Å². The number of anilines is 1. The summed E-state index contributed by atoms with van der Waals surface area (Å²) < 4.78 is 0. The molecule has 1 amide bonds. The van der Waals surface area contributed by atoms with Crippen LogP contribution in [0.4, 0.5) is 5.69 Å². The summed E-state index contributed by atoms with van der Waals surface area (Å²) in [4.78, 5) is 12.3. The summed E-state index contributed by atoms with van der Waals surface area (Å²) >= 11 is 0. The van der Waals surface area contributed by atoms with Crippen molar-refractivity contribution in [2.45, 2.75) is 24.8 Å². The Kier molecular flexibility index (Phi) is 5.07. The van der Waals surface area contributed by atoms with Crippen molar-refractivity contribution in [2.24, 2.45) is 5.73 Å². The van der Waals surface area contributed by atoms with Gasteiger partial charge in [0.05, 0.1) is 6.42 Å². The summed E-state index contributed by atoms with van der Waals surface area (Å²) in [6.45, 7) is 0. The highest BCUT2D eigenvalue weighted by atomic mass is 35.5. The Hall–Kier alpha value is -2.36. The lowest BCUT2D eigenvalue weighted by atomic mass is 10.0. The van der Waals surface area contributed by atoms with Crippen LogP contribution in [0.15, 0.2) is 66.7 Å². The van der Waals surface area contributed by atoms with Crippen LogP contribution in [0, 0.1) is 0 Å². The minimum absolute atomic E-state index is 0. The van der Waals surface area contributed by atoms with E-state index in [9.17, 15) is 4.79 Å². The summed E-state index contributed by atoms with van der Waals surface area (Å²) in [6.07, 6.45) is 1.44. The number of amides is 1. The van der Waals surface area contributed by atoms with Gasteiger partial charge in [-0.2, -0.15) is 0 Å². The molecule has 2 unspecified atom stereocenters. The van der Waals surface area contributed by atoms with Crippen LogP contribution < -0.4 is 11.1 Å². The second kappa shape index (κ2) is 7.26. The number of benzene rings is 3. The summed E-state index contributed by atoms with van der Waals surface area (Å²) in [6, 6.07) is 22.7. The first kappa shape index (κ1) is 17.5. The van der Waals surface area contributed by atoms with Gasteiger partial charge in [0.15, 0.2) is 0 Å². The van der Waals surface area contributed by atoms with E-state index in [1.165, 1.54) is 10.9 Å². The lowest BCUT2D eigenvalue weighted by molar-refractivity contribution is -0.115. The Labute approximate surface area is 153 Å². The van der Waals surface area contributed by atoms with E-state index in [0.717, 1.165) is 23.1 Å². The van der Waals surface area contributed by atoms with Crippen molar-refractivity contribution in [3.63, 3.8) is 0 Å². The van der Waals surface area contributed by atoms with Gasteiger partial charge in [-0.1, -0.05) is 54.6 Å². The van der Waals surface area contributed by atoms with Gasteiger partial charge in [0.2, 0.25) is 5.91 Å². The molecule has 4 heteroatoms. The molecule has 3 N–H and O–H groups in total. The molecule has 1 aliphatic rings. The number of carbonyl (C=O) groups excluding carboxylic acids is 1. The first-order chi connectivity index (χ1) is 11.7. The lowest BCUT2D eigenvalue weighted by Crippen LogP contribution is -2.14. The van der Waals surface area contributed by atoms with Crippen LogP contribution in [0.5, 0.6) is 0 Å². The Morgan fingerprint density at radius 2 is 1.68 bits per heavy atom. The summed E-state index contributed by atoms with van der Waals surface area (Å²) in [5, 5.41) is 5.32. The second-order valence-electron chi connectivity index (χ2n) is 6.53. The molecule has 0 saturated heterocycles. The quantitative estimate of drug-likeness (QED) is 0.737. The van der Waals surface area contributed by atoms with Crippen LogP contribution in [0.25, 0.3) is 10.8 Å². The number of halogens is 1. The fourth-order valence-electron chi connectivity index (χ4n) is 3.15. The van der Waals surface area contributed by atoms with E-state index in [4.69, 9.17) is 5.73 Å². The largest absolute Gasteiger partial charge is 0.327 e. The van der Waals surface area contributed by atoms with Gasteiger partial charge in [0, 0.05) is 17.6 Å². The first-order valence-electron chi connectivity index (χ1n) is 8.32. The van der Waals surface area contributed by atoms with Gasteiger partial charge in [0.1, 0.15) is 0 Å². The minimum Gasteiger partial charge on any atom is -0.327 e. The van der Waals surface area contributed by atoms with Crippen LogP contribution in [0.1, 0.15) is 23.5 Å². The molecule has 0 spiro atoms. The molecule has 0 radical (unpaired) electrons. The maximum absolute atomic E-state index is 12.3. The highest BCUT2D eigenvalue weighted by molar-refractivity contribution is 5.93. The van der Waals surface area contributed by atoms with Crippen LogP contribution in [-0.2, 0) is 11.2 Å². The second-order valence-corrected chi connectivity index (χ2v) is 6.53. The van der Waals surface area contributed by atoms with E-state index in [2.05, 4.69) is 41.7 Å². The third kappa shape index (κ3) is 4.01. The molecule has 3 nitrogen and oxygen atoms in total. The molecule has 0 bridgehead atoms. The number of hydrogen-bond acceptors (Lipinski definition) is 2. The fourth-order valence-corrected chi connectivity index (χ4v) is 3.15. The molecule has 1 aliphatic carbocycles. The van der Waals surface area contributed by atoms with Crippen LogP contribution in [-0.4, -0.2) is 11.9 Å². The monoisotopic (exact) mass is 352 g/mol. The molecule has 3 aromatic rings. The van der Waals surface area contributed by atoms with Gasteiger partial charge in [-0.05, 0) is 40.5 Å². The van der Waals surface area contributed by atoms with E-state index in [1.807, 2.05) is 30.3 Å². The zero-order valence-corrected chi connectivity index (χ0v) is 14.6. The molecule has 1 saturated carbocycles. The molecule has 1 fully saturated rings. The van der Waals surface area contributed by atoms with Gasteiger partial charge in [0.25, 0.3) is 0 Å². The molecular weight excluding hydrogens is 332 g/mol. The Morgan fingerprint density at radius 3 is 2.36 bits per heavy atom. The number of carbonyl (C=O) groups is 1. The zero-order chi connectivity index (χ0) is 16.5. The number of rotatable bonds is 4. The fraction of sp³-hybridized carbons (Fsp3) is 0.190. The third-order valence-electron chi connectivity index (χ3n) is 4.64. The van der Waals surface area contributed by atoms with Crippen molar-refractivity contribution < 1.29 is 4.79 Å². The predicted octanol–water partition coefficient (Wildman–Crippen LogP) is 4.26. The van der Waals surface area contributed by atoms with Crippen molar-refractivity contribution in [1.82, 2.24) is 0 Å². The number of fused-ring (bicyclic) bond motifs is 1. The van der Waals surface area contributed by atoms with Crippen molar-refractivity contribution in [2.75, 3.05) is 5.32 Å². The maximum atomic E-state index is 12.3. The van der Waals surface area contributed by atoms with E-state index in [0.29, 0.717) is 18.4 Å². The molecule has 0 aliphatic heterocycles. The van der Waals surface area contributed by atoms with Crippen molar-refractivity contribution in [3.05, 3.63) is 77.9 Å². The Balaban J connectivity index is 0.00000182. The van der Waals surface area contributed by atoms with E-state index in [1.54, 1.807) is 0 Å². The Morgan fingerprint density at radius 1 is 1.00 bits per heavy atom. The van der Waals surface area contributed by atoms with Crippen molar-refractivity contribution >= 4 is 34.8 Å². The molecule has 128 valence electrons. The van der Waals surface area contributed by atoms with Gasteiger partial charge >= 0.3 is 0 Å². The van der Waals surface area contributed by atoms with E-state index < -0.39 is 0 Å². The average molecular weight is 353 g/mol. The van der Waals surface area contributed by atoms with Crippen LogP contribution in [0.3, 0.4) is 0 Å². The molecule has 4 rings (SSSR count). The maximum Gasteiger partial charge on any atom is 0.228 e. The smallest absolute Gasteiger partial charge is 0.228 e. The summed E-state index contributed by atoms with van der Waals surface area (Å²) in [5.74, 6) is 0.494. The summed E-state index contributed by atoms with van der Waals surface area (Å²) in [5.41, 5.74) is 8.98.